The van der Waals surface area contributed by atoms with Crippen LogP contribution >= 0.6 is 0 Å². The third-order valence-corrected chi connectivity index (χ3v) is 8.13. The molecule has 35 heavy (non-hydrogen) atoms. The number of carbonyl (C=O) groups is 3. The van der Waals surface area contributed by atoms with Gasteiger partial charge in [-0.2, -0.15) is 0 Å². The van der Waals surface area contributed by atoms with Crippen LogP contribution in [-0.4, -0.2) is 60.6 Å². The van der Waals surface area contributed by atoms with Crippen LogP contribution in [0.25, 0.3) is 0 Å². The molecule has 12 heteroatoms. The van der Waals surface area contributed by atoms with Crippen molar-refractivity contribution in [3.8, 4) is 5.75 Å². The normalized spacial score (nSPS) is 24.2. The molecule has 0 aliphatic carbocycles. The number of esters is 1. The van der Waals surface area contributed by atoms with Crippen LogP contribution in [0.4, 0.5) is 5.69 Å². The van der Waals surface area contributed by atoms with Crippen LogP contribution in [-0.2, 0) is 36.5 Å². The fourth-order valence-corrected chi connectivity index (χ4v) is 6.02. The number of nitrogens with one attached hydrogen (secondary N) is 1. The van der Waals surface area contributed by atoms with Gasteiger partial charge in [0.1, 0.15) is 29.8 Å². The van der Waals surface area contributed by atoms with Gasteiger partial charge in [0, 0.05) is 12.1 Å². The maximum Gasteiger partial charge on any atom is 0.330 e. The van der Waals surface area contributed by atoms with Crippen molar-refractivity contribution >= 4 is 34.3 Å². The van der Waals surface area contributed by atoms with Crippen molar-refractivity contribution in [1.29, 1.82) is 0 Å². The highest BCUT2D eigenvalue weighted by atomic mass is 32.2. The zero-order valence-electron chi connectivity index (χ0n) is 18.9. The number of β-lactam (4-membered cyclic amide) rings is 1. The number of nitro groups is 1. The molecule has 2 aliphatic heterocycles. The quantitative estimate of drug-likeness (QED) is 0.246. The molecule has 4 rings (SSSR count). The summed E-state index contributed by atoms with van der Waals surface area (Å²) in [6.07, 6.45) is 0. The van der Waals surface area contributed by atoms with Crippen LogP contribution in [0.3, 0.4) is 0 Å². The Morgan fingerprint density at radius 1 is 1.14 bits per heavy atom. The van der Waals surface area contributed by atoms with E-state index in [-0.39, 0.29) is 18.9 Å². The van der Waals surface area contributed by atoms with Gasteiger partial charge >= 0.3 is 5.97 Å². The van der Waals surface area contributed by atoms with Crippen LogP contribution in [0.1, 0.15) is 19.4 Å². The smallest absolute Gasteiger partial charge is 0.330 e. The summed E-state index contributed by atoms with van der Waals surface area (Å²) in [5.41, 5.74) is 0.430. The third kappa shape index (κ3) is 4.61. The Labute approximate surface area is 203 Å². The molecule has 0 aromatic heterocycles. The number of amides is 2. The molecular formula is C23H23N3O8S. The van der Waals surface area contributed by atoms with E-state index in [1.54, 1.807) is 44.2 Å². The van der Waals surface area contributed by atoms with E-state index >= 15 is 0 Å². The largest absolute Gasteiger partial charge is 0.484 e. The lowest BCUT2D eigenvalue weighted by atomic mass is 9.96. The Morgan fingerprint density at radius 2 is 1.80 bits per heavy atom. The molecule has 0 bridgehead atoms. The molecule has 11 nitrogen and oxygen atoms in total. The van der Waals surface area contributed by atoms with E-state index in [1.807, 2.05) is 0 Å². The van der Waals surface area contributed by atoms with Gasteiger partial charge in [0.25, 0.3) is 11.6 Å². The number of non-ortho nitro benzene ring substituents is 1. The van der Waals surface area contributed by atoms with Gasteiger partial charge in [-0.25, -0.2) is 4.79 Å². The first-order valence-electron chi connectivity index (χ1n) is 10.7. The summed E-state index contributed by atoms with van der Waals surface area (Å²) in [5, 5.41) is 12.5. The zero-order chi connectivity index (χ0) is 25.3. The van der Waals surface area contributed by atoms with Crippen molar-refractivity contribution in [3.63, 3.8) is 0 Å². The Bertz CT molecular complexity index is 1190. The molecule has 1 N–H and O–H groups in total. The minimum atomic E-state index is -1.66. The summed E-state index contributed by atoms with van der Waals surface area (Å²) >= 11 is 0. The zero-order valence-corrected chi connectivity index (χ0v) is 19.7. The second kappa shape index (κ2) is 9.45. The fourth-order valence-electron chi connectivity index (χ4n) is 4.10. The van der Waals surface area contributed by atoms with Gasteiger partial charge in [-0.3, -0.25) is 23.9 Å². The first-order valence-corrected chi connectivity index (χ1v) is 11.9. The van der Waals surface area contributed by atoms with Crippen molar-refractivity contribution in [2.24, 2.45) is 0 Å². The number of hydrogen-bond acceptors (Lipinski definition) is 8. The molecule has 1 unspecified atom stereocenters. The van der Waals surface area contributed by atoms with Crippen molar-refractivity contribution < 1.29 is 33.0 Å². The van der Waals surface area contributed by atoms with Gasteiger partial charge in [0.05, 0.1) is 20.5 Å². The molecule has 4 atom stereocenters. The van der Waals surface area contributed by atoms with Crippen LogP contribution in [0, 0.1) is 10.1 Å². The molecule has 2 amide bonds. The highest BCUT2D eigenvalue weighted by Gasteiger charge is 2.68. The maximum atomic E-state index is 13.2. The van der Waals surface area contributed by atoms with E-state index < -0.39 is 55.7 Å². The van der Waals surface area contributed by atoms with Gasteiger partial charge in [-0.1, -0.05) is 18.2 Å². The van der Waals surface area contributed by atoms with E-state index in [0.29, 0.717) is 11.3 Å². The van der Waals surface area contributed by atoms with E-state index in [4.69, 9.17) is 9.47 Å². The lowest BCUT2D eigenvalue weighted by Crippen LogP contribution is -2.71. The molecule has 2 fully saturated rings. The lowest BCUT2D eigenvalue weighted by Gasteiger charge is -2.43. The molecule has 2 aliphatic rings. The molecular weight excluding hydrogens is 478 g/mol. The second-order valence-electron chi connectivity index (χ2n) is 8.62. The van der Waals surface area contributed by atoms with Gasteiger partial charge in [0.2, 0.25) is 5.91 Å². The number of ether oxygens (including phenoxy) is 2. The second-order valence-corrected chi connectivity index (χ2v) is 10.7. The molecule has 2 saturated heterocycles. The van der Waals surface area contributed by atoms with E-state index in [9.17, 15) is 28.7 Å². The number of para-hydroxylation sites is 1. The molecule has 0 saturated carbocycles. The molecule has 2 heterocycles. The van der Waals surface area contributed by atoms with Gasteiger partial charge in [-0.15, -0.1) is 0 Å². The Kier molecular flexibility index (Phi) is 6.57. The van der Waals surface area contributed by atoms with Gasteiger partial charge < -0.3 is 19.7 Å². The van der Waals surface area contributed by atoms with Crippen molar-refractivity contribution in [1.82, 2.24) is 10.2 Å². The monoisotopic (exact) mass is 501 g/mol. The van der Waals surface area contributed by atoms with Crippen molar-refractivity contribution in [3.05, 3.63) is 70.3 Å². The van der Waals surface area contributed by atoms with Crippen molar-refractivity contribution in [2.75, 3.05) is 6.61 Å². The number of hydrogen-bond donors (Lipinski definition) is 1. The number of benzene rings is 2. The highest BCUT2D eigenvalue weighted by molar-refractivity contribution is 7.87. The average molecular weight is 502 g/mol. The lowest BCUT2D eigenvalue weighted by molar-refractivity contribution is -0.384. The Balaban J connectivity index is 1.38. The predicted octanol–water partition coefficient (Wildman–Crippen LogP) is 1.28. The Morgan fingerprint density at radius 3 is 2.43 bits per heavy atom. The summed E-state index contributed by atoms with van der Waals surface area (Å²) in [4.78, 5) is 49.5. The molecule has 2 aromatic rings. The van der Waals surface area contributed by atoms with Crippen molar-refractivity contribution in [2.45, 2.75) is 42.7 Å². The Hall–Kier alpha value is -3.80. The summed E-state index contributed by atoms with van der Waals surface area (Å²) in [6, 6.07) is 12.1. The minimum absolute atomic E-state index is 0.0938. The number of rotatable bonds is 8. The molecule has 0 radical (unpaired) electrons. The van der Waals surface area contributed by atoms with Crippen LogP contribution in [0.2, 0.25) is 0 Å². The fraction of sp³-hybridized carbons (Fsp3) is 0.348. The average Bonchev–Trinajstić information content (AvgIpc) is 3.03. The van der Waals surface area contributed by atoms with Crippen LogP contribution < -0.4 is 10.1 Å². The summed E-state index contributed by atoms with van der Waals surface area (Å²) in [5.74, 6) is -1.33. The number of nitrogens with zero attached hydrogens (tertiary/aromatic N) is 2. The third-order valence-electron chi connectivity index (χ3n) is 5.94. The van der Waals surface area contributed by atoms with E-state index in [0.717, 1.165) is 0 Å². The molecule has 2 aromatic carbocycles. The van der Waals surface area contributed by atoms with Gasteiger partial charge in [0.15, 0.2) is 6.61 Å². The highest BCUT2D eigenvalue weighted by Crippen LogP contribution is 2.43. The van der Waals surface area contributed by atoms with E-state index in [2.05, 4.69) is 5.32 Å². The van der Waals surface area contributed by atoms with Crippen LogP contribution in [0.15, 0.2) is 54.6 Å². The maximum absolute atomic E-state index is 13.2. The molecule has 184 valence electrons. The van der Waals surface area contributed by atoms with E-state index in [1.165, 1.54) is 29.2 Å². The first-order chi connectivity index (χ1) is 16.6. The minimum Gasteiger partial charge on any atom is -0.484 e. The summed E-state index contributed by atoms with van der Waals surface area (Å²) in [7, 11) is -1.66. The number of fused-ring (bicyclic) bond motifs is 1. The van der Waals surface area contributed by atoms with Crippen LogP contribution in [0.5, 0.6) is 5.75 Å². The van der Waals surface area contributed by atoms with Gasteiger partial charge in [-0.05, 0) is 43.7 Å². The predicted molar refractivity (Wildman–Crippen MR) is 123 cm³/mol. The summed E-state index contributed by atoms with van der Waals surface area (Å²) < 4.78 is 22.8. The topological polar surface area (TPSA) is 145 Å². The number of nitro benzene ring substituents is 1. The standard InChI is InChI=1S/C23H23N3O8S/c1-23(2)19(22(29)34-12-14-8-10-15(11-9-14)26(30)31)25-20(28)18(21(25)35(23)32)24-17(27)13-33-16-6-4-3-5-7-16/h3-11,18-19,21H,12-13H2,1-2H3,(H,24,27)/t18-,19?,21-,35+/m1/s1. The first kappa shape index (κ1) is 24.3. The SMILES string of the molecule is CC1(C)C(C(=O)OCc2ccc([N+](=O)[O-])cc2)N2C(=O)[C@@H](NC(=O)COc3ccccc3)[C@H]2[S@@]1=O. The summed E-state index contributed by atoms with van der Waals surface area (Å²) in [6.45, 7) is 2.71. The number of carbonyl (C=O) groups excluding carboxylic acids is 3. The molecule has 0 spiro atoms.